The Bertz CT molecular complexity index is 2880. The highest BCUT2D eigenvalue weighted by Gasteiger charge is 2.20. The number of benzene rings is 5. The van der Waals surface area contributed by atoms with E-state index in [4.69, 9.17) is 50.0 Å². The zero-order valence-electron chi connectivity index (χ0n) is 47.2. The number of imidazole rings is 2. The quantitative estimate of drug-likeness (QED) is 0.0303. The number of nitrogen functional groups attached to an aromatic ring is 1. The smallest absolute Gasteiger partial charge is 0.255 e. The predicted molar refractivity (Wildman–Crippen MR) is 332 cm³/mol. The van der Waals surface area contributed by atoms with Crippen molar-refractivity contribution in [1.82, 2.24) is 33.9 Å². The number of phenolic OH excluding ortho intramolecular Hbond substituents is 1. The number of anilines is 2. The summed E-state index contributed by atoms with van der Waals surface area (Å²) >= 11 is 17.9. The summed E-state index contributed by atoms with van der Waals surface area (Å²) < 4.78 is 15.5. The molecule has 0 spiro atoms. The van der Waals surface area contributed by atoms with E-state index in [0.717, 1.165) is 114 Å². The number of rotatable bonds is 24. The molecule has 8 aromatic rings. The topological polar surface area (TPSA) is 149 Å². The Morgan fingerprint density at radius 2 is 1.32 bits per heavy atom. The number of aromatic nitrogens is 5. The van der Waals surface area contributed by atoms with Crippen molar-refractivity contribution in [3.63, 3.8) is 0 Å². The fraction of sp³-hybridized carbons (Fsp3) is 0.354. The SMILES string of the molecule is CCN(CC)Cc1cc(N)ccc1O.Cc1ccc(OCCCCCn2ccnc2)c(Cl)c1.Clc1ccc(OCCCCCn2ccnc2)c(Cl)c1.O=C(Nc1cccnc1)c1ccc(CN2CCC(Cc3ccccc3)CC2)cc1. The van der Waals surface area contributed by atoms with Crippen LogP contribution in [0.5, 0.6) is 17.2 Å². The van der Waals surface area contributed by atoms with Gasteiger partial charge in [-0.2, -0.15) is 0 Å². The molecule has 1 fully saturated rings. The van der Waals surface area contributed by atoms with Crippen LogP contribution in [0.4, 0.5) is 11.4 Å². The minimum Gasteiger partial charge on any atom is -0.508 e. The second-order valence-electron chi connectivity index (χ2n) is 20.1. The molecular formula is C65H80Cl3N9O4. The third kappa shape index (κ3) is 24.0. The maximum atomic E-state index is 12.4. The number of pyridine rings is 1. The standard InChI is InChI=1S/C25H27N3O.C15H19ClN2O.C14H16Cl2N2O.C11H18N2O/c29-25(27-24-7-4-14-26-18-24)23-10-8-22(9-11-23)19-28-15-12-21(13-16-28)17-20-5-2-1-3-6-20;1-13-5-6-15(14(16)11-13)19-10-4-2-3-8-18-9-7-17-12-18;15-12-4-5-14(13(16)10-12)19-9-3-1-2-7-18-8-6-17-11-18;1-3-13(4-2)8-9-7-10(12)5-6-11(9)14/h1-11,14,18,21H,12-13,15-17,19H2,(H,27,29);5-7,9,11-12H,2-4,8,10H2,1H3;4-6,8,10-11H,1-3,7,9H2;5-7,14H,3-4,8,12H2,1-2H3. The second kappa shape index (κ2) is 35.8. The van der Waals surface area contributed by atoms with Gasteiger partial charge in [-0.3, -0.25) is 19.6 Å². The highest BCUT2D eigenvalue weighted by molar-refractivity contribution is 6.35. The largest absolute Gasteiger partial charge is 0.508 e. The summed E-state index contributed by atoms with van der Waals surface area (Å²) in [4.78, 5) is 29.1. The van der Waals surface area contributed by atoms with Gasteiger partial charge < -0.3 is 34.8 Å². The van der Waals surface area contributed by atoms with Gasteiger partial charge in [-0.25, -0.2) is 9.97 Å². The van der Waals surface area contributed by atoms with Crippen molar-refractivity contribution < 1.29 is 19.4 Å². The van der Waals surface area contributed by atoms with E-state index >= 15 is 0 Å². The Labute approximate surface area is 495 Å². The number of phenols is 1. The minimum absolute atomic E-state index is 0.105. The average molecular weight is 1160 g/mol. The third-order valence-electron chi connectivity index (χ3n) is 13.7. The van der Waals surface area contributed by atoms with Crippen LogP contribution in [-0.4, -0.2) is 84.3 Å². The Morgan fingerprint density at radius 3 is 1.89 bits per heavy atom. The van der Waals surface area contributed by atoms with Crippen molar-refractivity contribution in [2.45, 2.75) is 105 Å². The molecule has 430 valence electrons. The van der Waals surface area contributed by atoms with Crippen LogP contribution in [0, 0.1) is 12.8 Å². The van der Waals surface area contributed by atoms with Crippen LogP contribution in [0.25, 0.3) is 0 Å². The molecule has 0 unspecified atom stereocenters. The number of amides is 1. The van der Waals surface area contributed by atoms with Crippen LogP contribution in [-0.2, 0) is 32.6 Å². The number of ether oxygens (including phenoxy) is 2. The molecular weight excluding hydrogens is 1080 g/mol. The van der Waals surface area contributed by atoms with Gasteiger partial charge in [0, 0.05) is 79.0 Å². The van der Waals surface area contributed by atoms with Gasteiger partial charge in [-0.05, 0) is 186 Å². The van der Waals surface area contributed by atoms with E-state index in [-0.39, 0.29) is 5.91 Å². The summed E-state index contributed by atoms with van der Waals surface area (Å²) in [5, 5.41) is 14.3. The molecule has 0 aliphatic carbocycles. The van der Waals surface area contributed by atoms with E-state index in [2.05, 4.69) is 95.5 Å². The molecule has 81 heavy (non-hydrogen) atoms. The lowest BCUT2D eigenvalue weighted by Gasteiger charge is -2.32. The first-order valence-corrected chi connectivity index (χ1v) is 29.3. The van der Waals surface area contributed by atoms with E-state index in [1.165, 1.54) is 30.4 Å². The second-order valence-corrected chi connectivity index (χ2v) is 21.3. The number of hydrogen-bond donors (Lipinski definition) is 3. The molecule has 0 saturated carbocycles. The van der Waals surface area contributed by atoms with Gasteiger partial charge in [0.2, 0.25) is 0 Å². The number of unbranched alkanes of at least 4 members (excludes halogenated alkanes) is 4. The molecule has 9 rings (SSSR count). The number of nitrogens with one attached hydrogen (secondary N) is 1. The van der Waals surface area contributed by atoms with Crippen LogP contribution in [0.1, 0.15) is 97.8 Å². The van der Waals surface area contributed by atoms with Crippen molar-refractivity contribution in [1.29, 1.82) is 0 Å². The summed E-state index contributed by atoms with van der Waals surface area (Å²) in [7, 11) is 0. The number of carbonyl (C=O) groups excluding carboxylic acids is 1. The van der Waals surface area contributed by atoms with Gasteiger partial charge in [-0.1, -0.05) is 97.2 Å². The summed E-state index contributed by atoms with van der Waals surface area (Å²) in [6.45, 7) is 15.6. The maximum absolute atomic E-state index is 12.4. The Kier molecular flexibility index (Phi) is 28.0. The Hall–Kier alpha value is -6.87. The first-order valence-electron chi connectivity index (χ1n) is 28.2. The summed E-state index contributed by atoms with van der Waals surface area (Å²) in [5.74, 6) is 2.48. The molecule has 1 aliphatic heterocycles. The number of carbonyl (C=O) groups is 1. The molecule has 0 atom stereocenters. The lowest BCUT2D eigenvalue weighted by atomic mass is 9.90. The monoisotopic (exact) mass is 1160 g/mol. The van der Waals surface area contributed by atoms with Gasteiger partial charge in [0.15, 0.2) is 0 Å². The number of hydrogen-bond acceptors (Lipinski definition) is 10. The molecule has 3 aromatic heterocycles. The average Bonchev–Trinajstić information content (AvgIpc) is 4.22. The molecule has 0 radical (unpaired) electrons. The predicted octanol–water partition coefficient (Wildman–Crippen LogP) is 15.1. The third-order valence-corrected chi connectivity index (χ3v) is 14.6. The first kappa shape index (κ1) is 63.3. The van der Waals surface area contributed by atoms with Crippen LogP contribution in [0.15, 0.2) is 171 Å². The number of aryl methyl sites for hydroxylation is 3. The summed E-state index contributed by atoms with van der Waals surface area (Å²) in [6.07, 6.45) is 24.8. The van der Waals surface area contributed by atoms with Gasteiger partial charge >= 0.3 is 0 Å². The van der Waals surface area contributed by atoms with E-state index in [1.807, 2.05) is 86.7 Å². The first-order chi connectivity index (χ1) is 39.4. The molecule has 1 amide bonds. The number of aromatic hydroxyl groups is 1. The highest BCUT2D eigenvalue weighted by Crippen LogP contribution is 2.29. The minimum atomic E-state index is -0.105. The summed E-state index contributed by atoms with van der Waals surface area (Å²) in [6, 6.07) is 38.7. The molecule has 4 N–H and O–H groups in total. The zero-order chi connectivity index (χ0) is 57.4. The summed E-state index contributed by atoms with van der Waals surface area (Å²) in [5.41, 5.74) is 12.5. The van der Waals surface area contributed by atoms with Crippen molar-refractivity contribution in [3.05, 3.63) is 214 Å². The molecule has 0 bridgehead atoms. The van der Waals surface area contributed by atoms with Crippen molar-refractivity contribution in [2.75, 3.05) is 50.4 Å². The van der Waals surface area contributed by atoms with Gasteiger partial charge in [-0.15, -0.1) is 0 Å². The lowest BCUT2D eigenvalue weighted by molar-refractivity contribution is 0.102. The number of nitrogens with zero attached hydrogens (tertiary/aromatic N) is 7. The maximum Gasteiger partial charge on any atom is 0.255 e. The van der Waals surface area contributed by atoms with Crippen molar-refractivity contribution in [3.8, 4) is 17.2 Å². The molecule has 5 aromatic carbocycles. The number of nitrogens with two attached hydrogens (primary N) is 1. The van der Waals surface area contributed by atoms with E-state index in [0.29, 0.717) is 56.7 Å². The number of halogens is 3. The highest BCUT2D eigenvalue weighted by atomic mass is 35.5. The molecule has 4 heterocycles. The Morgan fingerprint density at radius 1 is 0.691 bits per heavy atom. The van der Waals surface area contributed by atoms with Gasteiger partial charge in [0.1, 0.15) is 17.2 Å². The number of piperidine rings is 1. The normalized spacial score (nSPS) is 12.3. The molecule has 1 saturated heterocycles. The van der Waals surface area contributed by atoms with Crippen molar-refractivity contribution in [2.24, 2.45) is 5.92 Å². The van der Waals surface area contributed by atoms with E-state index < -0.39 is 0 Å². The zero-order valence-corrected chi connectivity index (χ0v) is 49.5. The molecule has 1 aliphatic rings. The van der Waals surface area contributed by atoms with Crippen molar-refractivity contribution >= 4 is 52.1 Å². The lowest BCUT2D eigenvalue weighted by Crippen LogP contribution is -2.33. The molecule has 13 nitrogen and oxygen atoms in total. The van der Waals surface area contributed by atoms with Crippen LogP contribution in [0.3, 0.4) is 0 Å². The van der Waals surface area contributed by atoms with Crippen LogP contribution < -0.4 is 20.5 Å². The molecule has 16 heteroatoms. The fourth-order valence-corrected chi connectivity index (χ4v) is 9.79. The van der Waals surface area contributed by atoms with Gasteiger partial charge in [0.25, 0.3) is 5.91 Å². The number of likely N-dealkylation sites (tertiary alicyclic amines) is 1. The van der Waals surface area contributed by atoms with Gasteiger partial charge in [0.05, 0.1) is 47.8 Å². The van der Waals surface area contributed by atoms with E-state index in [1.54, 1.807) is 48.9 Å². The Balaban J connectivity index is 0.000000181. The van der Waals surface area contributed by atoms with Crippen LogP contribution >= 0.6 is 34.8 Å². The van der Waals surface area contributed by atoms with E-state index in [9.17, 15) is 9.90 Å². The van der Waals surface area contributed by atoms with Crippen LogP contribution in [0.2, 0.25) is 15.1 Å². The fourth-order valence-electron chi connectivity index (χ4n) is 9.04.